The van der Waals surface area contributed by atoms with Gasteiger partial charge in [0.25, 0.3) is 5.91 Å². The molecular formula is C46H55F2N4O10P. The number of esters is 2. The van der Waals surface area contributed by atoms with E-state index in [1.165, 1.54) is 65.8 Å². The summed E-state index contributed by atoms with van der Waals surface area (Å²) in [5.41, 5.74) is -6.27. The van der Waals surface area contributed by atoms with E-state index in [9.17, 15) is 33.8 Å². The van der Waals surface area contributed by atoms with Gasteiger partial charge < -0.3 is 24.6 Å². The number of hydrogen-bond donors (Lipinski definition) is 1. The maximum atomic E-state index is 16.4. The summed E-state index contributed by atoms with van der Waals surface area (Å²) in [5.74, 6) is -3.43. The van der Waals surface area contributed by atoms with Gasteiger partial charge in [0.05, 0.1) is 22.8 Å². The maximum absolute atomic E-state index is 16.4. The lowest BCUT2D eigenvalue weighted by Crippen LogP contribution is -2.56. The number of fused-ring (bicyclic) bond motifs is 2. The Morgan fingerprint density at radius 2 is 1.43 bits per heavy atom. The molecule has 1 N–H and O–H groups in total. The Balaban J connectivity index is 1.20. The van der Waals surface area contributed by atoms with E-state index in [-0.39, 0.29) is 41.3 Å². The van der Waals surface area contributed by atoms with Crippen molar-refractivity contribution in [3.05, 3.63) is 83.4 Å². The normalized spacial score (nSPS) is 22.1. The fraction of sp³-hybridized carbons (Fsp3) is 0.522. The summed E-state index contributed by atoms with van der Waals surface area (Å²) in [4.78, 5) is 70.4. The fourth-order valence-electron chi connectivity index (χ4n) is 8.18. The van der Waals surface area contributed by atoms with Crippen molar-refractivity contribution in [1.82, 2.24) is 15.1 Å². The molecule has 3 aromatic rings. The van der Waals surface area contributed by atoms with Crippen LogP contribution in [0.4, 0.5) is 8.78 Å². The number of benzene rings is 3. The van der Waals surface area contributed by atoms with Gasteiger partial charge in [-0.05, 0) is 102 Å². The number of nitrogens with zero attached hydrogens (tertiary/aromatic N) is 3. The summed E-state index contributed by atoms with van der Waals surface area (Å²) in [6.45, 7) is 7.44. The van der Waals surface area contributed by atoms with Crippen molar-refractivity contribution in [3.63, 3.8) is 0 Å². The van der Waals surface area contributed by atoms with Crippen LogP contribution in [0.3, 0.4) is 0 Å². The molecule has 0 saturated carbocycles. The maximum Gasteiger partial charge on any atom is 0.410 e. The Hall–Kier alpha value is -5.23. The van der Waals surface area contributed by atoms with Gasteiger partial charge in [0, 0.05) is 36.2 Å². The van der Waals surface area contributed by atoms with E-state index in [1.807, 2.05) is 30.3 Å². The molecule has 3 amide bonds. The first-order valence-corrected chi connectivity index (χ1v) is 22.7. The van der Waals surface area contributed by atoms with E-state index in [2.05, 4.69) is 11.4 Å². The SMILES string of the molecule is CC(C)(C)C(=O)OCOP(=O)(OCOC(=O)C(C)(C)C)C(F)(F)c1ccc2ccc(C(=O)N[C@H]3CCCC[C@H]4CC[C@@H](C(=O)N5C[C@H](c6ccccc6)[C@@H](C#N)C5)N4C3=O)cc2c1. The highest BCUT2D eigenvalue weighted by molar-refractivity contribution is 7.54. The van der Waals surface area contributed by atoms with Gasteiger partial charge >= 0.3 is 25.2 Å². The van der Waals surface area contributed by atoms with Crippen molar-refractivity contribution >= 4 is 48.0 Å². The number of amides is 3. The molecule has 0 unspecified atom stereocenters. The summed E-state index contributed by atoms with van der Waals surface area (Å²) in [6, 6.07) is 17.8. The molecule has 338 valence electrons. The van der Waals surface area contributed by atoms with Crippen LogP contribution >= 0.6 is 7.60 Å². The number of nitriles is 1. The third-order valence-electron chi connectivity index (χ3n) is 11.8. The fourth-order valence-corrected chi connectivity index (χ4v) is 9.41. The van der Waals surface area contributed by atoms with Gasteiger partial charge in [-0.3, -0.25) is 37.6 Å². The number of hydrogen-bond acceptors (Lipinski definition) is 11. The lowest BCUT2D eigenvalue weighted by atomic mass is 9.90. The molecule has 14 nitrogen and oxygen atoms in total. The number of rotatable bonds is 12. The van der Waals surface area contributed by atoms with E-state index in [1.54, 1.807) is 9.80 Å². The van der Waals surface area contributed by atoms with Crippen LogP contribution in [-0.2, 0) is 47.9 Å². The smallest absolute Gasteiger partial charge is 0.410 e. The number of ether oxygens (including phenoxy) is 2. The van der Waals surface area contributed by atoms with Gasteiger partial charge in [-0.25, -0.2) is 0 Å². The Bertz CT molecular complexity index is 2270. The summed E-state index contributed by atoms with van der Waals surface area (Å²) in [5, 5.41) is 13.4. The monoisotopic (exact) mass is 892 g/mol. The molecule has 63 heavy (non-hydrogen) atoms. The van der Waals surface area contributed by atoms with E-state index in [0.717, 1.165) is 24.1 Å². The molecule has 3 aliphatic rings. The van der Waals surface area contributed by atoms with Crippen molar-refractivity contribution in [3.8, 4) is 6.07 Å². The molecule has 3 heterocycles. The predicted octanol–water partition coefficient (Wildman–Crippen LogP) is 8.01. The van der Waals surface area contributed by atoms with Crippen molar-refractivity contribution in [2.45, 2.75) is 110 Å². The van der Waals surface area contributed by atoms with E-state index >= 15 is 8.78 Å². The van der Waals surface area contributed by atoms with Gasteiger partial charge in [0.15, 0.2) is 0 Å². The van der Waals surface area contributed by atoms with Gasteiger partial charge in [-0.15, -0.1) is 0 Å². The van der Waals surface area contributed by atoms with Crippen molar-refractivity contribution in [2.75, 3.05) is 26.7 Å². The van der Waals surface area contributed by atoms with Crippen LogP contribution in [0.1, 0.15) is 107 Å². The highest BCUT2D eigenvalue weighted by Crippen LogP contribution is 2.67. The predicted molar refractivity (Wildman–Crippen MR) is 227 cm³/mol. The molecule has 17 heteroatoms. The zero-order valence-electron chi connectivity index (χ0n) is 36.4. The zero-order chi connectivity index (χ0) is 45.9. The Kier molecular flexibility index (Phi) is 14.1. The second-order valence-electron chi connectivity index (χ2n) is 18.5. The van der Waals surface area contributed by atoms with Gasteiger partial charge in [-0.2, -0.15) is 14.0 Å². The molecule has 3 aromatic carbocycles. The second-order valence-corrected chi connectivity index (χ2v) is 20.5. The minimum Gasteiger partial charge on any atom is -0.438 e. The number of nitrogens with one attached hydrogen (secondary N) is 1. The highest BCUT2D eigenvalue weighted by Gasteiger charge is 2.56. The molecule has 6 rings (SSSR count). The Morgan fingerprint density at radius 3 is 2.05 bits per heavy atom. The number of carbonyl (C=O) groups excluding carboxylic acids is 5. The minimum atomic E-state index is -5.61. The van der Waals surface area contributed by atoms with Crippen LogP contribution in [-0.4, -0.2) is 84.3 Å². The molecule has 0 bridgehead atoms. The van der Waals surface area contributed by atoms with E-state index in [4.69, 9.17) is 18.5 Å². The lowest BCUT2D eigenvalue weighted by molar-refractivity contribution is -0.163. The van der Waals surface area contributed by atoms with Crippen LogP contribution < -0.4 is 5.32 Å². The number of alkyl halides is 2. The van der Waals surface area contributed by atoms with Crippen LogP contribution in [0, 0.1) is 28.1 Å². The first kappa shape index (κ1) is 47.3. The summed E-state index contributed by atoms with van der Waals surface area (Å²) in [6.07, 6.45) is 3.56. The molecule has 0 spiro atoms. The van der Waals surface area contributed by atoms with E-state index < -0.39 is 79.1 Å². The van der Waals surface area contributed by atoms with Gasteiger partial charge in [-0.1, -0.05) is 61.4 Å². The number of carbonyl (C=O) groups is 5. The molecule has 0 aliphatic carbocycles. The summed E-state index contributed by atoms with van der Waals surface area (Å²) in [7, 11) is -5.61. The van der Waals surface area contributed by atoms with Crippen LogP contribution in [0.25, 0.3) is 10.8 Å². The van der Waals surface area contributed by atoms with Crippen molar-refractivity contribution in [2.24, 2.45) is 16.7 Å². The quantitative estimate of drug-likeness (QED) is 0.106. The van der Waals surface area contributed by atoms with Crippen molar-refractivity contribution < 1.29 is 55.8 Å². The first-order chi connectivity index (χ1) is 29.6. The molecule has 3 saturated heterocycles. The summed E-state index contributed by atoms with van der Waals surface area (Å²) >= 11 is 0. The lowest BCUT2D eigenvalue weighted by Gasteiger charge is -2.36. The average molecular weight is 893 g/mol. The highest BCUT2D eigenvalue weighted by atomic mass is 31.2. The zero-order valence-corrected chi connectivity index (χ0v) is 37.3. The van der Waals surface area contributed by atoms with Gasteiger partial charge in [0.1, 0.15) is 12.1 Å². The molecule has 0 radical (unpaired) electrons. The number of likely N-dealkylation sites (tertiary alicyclic amines) is 1. The largest absolute Gasteiger partial charge is 0.438 e. The number of halogens is 2. The van der Waals surface area contributed by atoms with E-state index in [0.29, 0.717) is 44.0 Å². The Morgan fingerprint density at radius 1 is 0.810 bits per heavy atom. The minimum absolute atomic E-state index is 0.0499. The molecule has 5 atom stereocenters. The van der Waals surface area contributed by atoms with Gasteiger partial charge in [0.2, 0.25) is 25.4 Å². The van der Waals surface area contributed by atoms with Crippen molar-refractivity contribution in [1.29, 1.82) is 5.26 Å². The average Bonchev–Trinajstić information content (AvgIpc) is 3.87. The molecular weight excluding hydrogens is 837 g/mol. The van der Waals surface area contributed by atoms with Crippen LogP contribution in [0.15, 0.2) is 66.7 Å². The Labute approximate surface area is 366 Å². The third kappa shape index (κ3) is 10.4. The topological polar surface area (TPSA) is 182 Å². The third-order valence-corrected chi connectivity index (χ3v) is 13.6. The standard InChI is InChI=1S/C46H55F2N4O10P/c1-44(2,3)42(56)59-27-61-63(58,62-28-60-43(57)45(4,5)6)46(47,48)34-19-18-29-16-17-31(22-32(29)23-34)39(53)50-37-15-11-10-14-35-20-21-38(52(35)40(37)54)41(55)51-25-33(24-49)36(26-51)30-12-8-7-9-13-30/h7-9,12-13,16-19,22-23,33,35-38H,10-11,14-15,20-21,25-28H2,1-6H3,(H,50,53)/t33-,35-,36+,37-,38-/m0/s1. The van der Waals surface area contributed by atoms with Crippen LogP contribution in [0.5, 0.6) is 0 Å². The summed E-state index contributed by atoms with van der Waals surface area (Å²) < 4.78 is 66.6. The molecule has 0 aromatic heterocycles. The van der Waals surface area contributed by atoms with Crippen LogP contribution in [0.2, 0.25) is 0 Å². The first-order valence-electron chi connectivity index (χ1n) is 21.2. The molecule has 3 fully saturated rings. The second kappa shape index (κ2) is 18.9. The molecule has 3 aliphatic heterocycles.